The molecule has 1 atom stereocenters. The van der Waals surface area contributed by atoms with Gasteiger partial charge in [0.2, 0.25) is 0 Å². The topological polar surface area (TPSA) is 36.3 Å². The molecule has 1 unspecified atom stereocenters. The van der Waals surface area contributed by atoms with Crippen LogP contribution in [-0.2, 0) is 7.05 Å². The van der Waals surface area contributed by atoms with Crippen LogP contribution in [0, 0.1) is 6.92 Å². The van der Waals surface area contributed by atoms with Gasteiger partial charge in [-0.3, -0.25) is 4.90 Å². The summed E-state index contributed by atoms with van der Waals surface area (Å²) in [5, 5.41) is 3.34. The van der Waals surface area contributed by atoms with Crippen molar-refractivity contribution in [3.63, 3.8) is 0 Å². The van der Waals surface area contributed by atoms with Gasteiger partial charge in [-0.15, -0.1) is 0 Å². The standard InChI is InChI=1S/C14H26BrN5/c1-5-19-6-8-20(9-7-19)12(10-16-3)13-14(15)17-11(2)18(13)4/h12,16H,5-10H2,1-4H3. The third-order valence-electron chi connectivity index (χ3n) is 4.33. The number of hydrogen-bond acceptors (Lipinski definition) is 4. The molecular weight excluding hydrogens is 318 g/mol. The van der Waals surface area contributed by atoms with Crippen LogP contribution < -0.4 is 5.32 Å². The molecule has 0 radical (unpaired) electrons. The van der Waals surface area contributed by atoms with E-state index in [1.165, 1.54) is 5.69 Å². The van der Waals surface area contributed by atoms with E-state index in [-0.39, 0.29) is 0 Å². The average Bonchev–Trinajstić information content (AvgIpc) is 2.70. The number of piperazine rings is 1. The summed E-state index contributed by atoms with van der Waals surface area (Å²) in [4.78, 5) is 9.64. The molecule has 2 rings (SSSR count). The van der Waals surface area contributed by atoms with Crippen LogP contribution >= 0.6 is 15.9 Å². The molecule has 0 aliphatic carbocycles. The van der Waals surface area contributed by atoms with Crippen LogP contribution in [0.5, 0.6) is 0 Å². The quantitative estimate of drug-likeness (QED) is 0.876. The molecule has 0 saturated carbocycles. The molecule has 0 spiro atoms. The summed E-state index contributed by atoms with van der Waals surface area (Å²) >= 11 is 3.63. The fourth-order valence-corrected chi connectivity index (χ4v) is 3.72. The maximum Gasteiger partial charge on any atom is 0.129 e. The van der Waals surface area contributed by atoms with Crippen molar-refractivity contribution < 1.29 is 0 Å². The molecule has 1 aromatic rings. The van der Waals surface area contributed by atoms with Crippen LogP contribution in [0.15, 0.2) is 4.60 Å². The van der Waals surface area contributed by atoms with Crippen LogP contribution in [0.25, 0.3) is 0 Å². The summed E-state index contributed by atoms with van der Waals surface area (Å²) in [6.07, 6.45) is 0. The number of halogens is 1. The van der Waals surface area contributed by atoms with Gasteiger partial charge in [0.05, 0.1) is 11.7 Å². The molecule has 114 valence electrons. The molecule has 1 saturated heterocycles. The maximum absolute atomic E-state index is 4.55. The van der Waals surface area contributed by atoms with Crippen molar-refractivity contribution in [3.8, 4) is 0 Å². The summed E-state index contributed by atoms with van der Waals surface area (Å²) in [5.41, 5.74) is 1.28. The van der Waals surface area contributed by atoms with Crippen LogP contribution in [0.3, 0.4) is 0 Å². The SMILES string of the molecule is CCN1CCN(C(CNC)c2c(Br)nc(C)n2C)CC1. The van der Waals surface area contributed by atoms with Crippen molar-refractivity contribution in [2.75, 3.05) is 46.3 Å². The van der Waals surface area contributed by atoms with E-state index >= 15 is 0 Å². The summed E-state index contributed by atoms with van der Waals surface area (Å²) in [6.45, 7) is 11.0. The normalized spacial score (nSPS) is 19.4. The second-order valence-electron chi connectivity index (χ2n) is 5.44. The Labute approximate surface area is 130 Å². The summed E-state index contributed by atoms with van der Waals surface area (Å²) in [6, 6.07) is 0.375. The highest BCUT2D eigenvalue weighted by Crippen LogP contribution is 2.28. The first kappa shape index (κ1) is 15.9. The van der Waals surface area contributed by atoms with Crippen molar-refractivity contribution in [1.82, 2.24) is 24.7 Å². The highest BCUT2D eigenvalue weighted by atomic mass is 79.9. The molecule has 1 fully saturated rings. The Morgan fingerprint density at radius 1 is 1.30 bits per heavy atom. The van der Waals surface area contributed by atoms with Crippen molar-refractivity contribution in [2.45, 2.75) is 19.9 Å². The van der Waals surface area contributed by atoms with Gasteiger partial charge in [-0.25, -0.2) is 4.98 Å². The minimum Gasteiger partial charge on any atom is -0.333 e. The van der Waals surface area contributed by atoms with Gasteiger partial charge in [0.1, 0.15) is 10.4 Å². The third kappa shape index (κ3) is 3.24. The van der Waals surface area contributed by atoms with Crippen LogP contribution in [-0.4, -0.2) is 65.7 Å². The fourth-order valence-electron chi connectivity index (χ4n) is 2.93. The van der Waals surface area contributed by atoms with Crippen molar-refractivity contribution in [3.05, 3.63) is 16.1 Å². The van der Waals surface area contributed by atoms with Gasteiger partial charge in [-0.2, -0.15) is 0 Å². The van der Waals surface area contributed by atoms with Gasteiger partial charge in [0, 0.05) is 39.8 Å². The van der Waals surface area contributed by atoms with Crippen molar-refractivity contribution >= 4 is 15.9 Å². The second-order valence-corrected chi connectivity index (χ2v) is 6.19. The number of nitrogens with zero attached hydrogens (tertiary/aromatic N) is 4. The minimum atomic E-state index is 0.375. The first-order valence-electron chi connectivity index (χ1n) is 7.38. The Morgan fingerprint density at radius 2 is 1.95 bits per heavy atom. The smallest absolute Gasteiger partial charge is 0.129 e. The Hall–Kier alpha value is -0.430. The first-order chi connectivity index (χ1) is 9.58. The fraction of sp³-hybridized carbons (Fsp3) is 0.786. The molecule has 2 heterocycles. The van der Waals surface area contributed by atoms with Crippen LogP contribution in [0.4, 0.5) is 0 Å². The lowest BCUT2D eigenvalue weighted by Gasteiger charge is -2.39. The van der Waals surface area contributed by atoms with Gasteiger partial charge < -0.3 is 14.8 Å². The molecule has 0 bridgehead atoms. The zero-order valence-corrected chi connectivity index (χ0v) is 14.6. The average molecular weight is 344 g/mol. The minimum absolute atomic E-state index is 0.375. The predicted octanol–water partition coefficient (Wildman–Crippen LogP) is 1.39. The number of rotatable bonds is 5. The number of likely N-dealkylation sites (N-methyl/N-ethyl adjacent to an activating group) is 2. The maximum atomic E-state index is 4.55. The van der Waals surface area contributed by atoms with Crippen LogP contribution in [0.2, 0.25) is 0 Å². The zero-order chi connectivity index (χ0) is 14.7. The van der Waals surface area contributed by atoms with E-state index in [1.54, 1.807) is 0 Å². The third-order valence-corrected chi connectivity index (χ3v) is 4.91. The lowest BCUT2D eigenvalue weighted by Crippen LogP contribution is -2.49. The predicted molar refractivity (Wildman–Crippen MR) is 86.0 cm³/mol. The molecule has 0 amide bonds. The molecule has 0 aromatic carbocycles. The van der Waals surface area contributed by atoms with Gasteiger partial charge in [-0.1, -0.05) is 6.92 Å². The number of aryl methyl sites for hydroxylation is 1. The first-order valence-corrected chi connectivity index (χ1v) is 8.17. The van der Waals surface area contributed by atoms with E-state index in [2.05, 4.69) is 61.5 Å². The van der Waals surface area contributed by atoms with E-state index in [0.717, 1.165) is 49.7 Å². The van der Waals surface area contributed by atoms with E-state index in [1.807, 2.05) is 7.05 Å². The van der Waals surface area contributed by atoms with Gasteiger partial charge in [-0.05, 0) is 36.4 Å². The van der Waals surface area contributed by atoms with E-state index in [4.69, 9.17) is 0 Å². The molecule has 1 N–H and O–H groups in total. The van der Waals surface area contributed by atoms with Gasteiger partial charge in [0.15, 0.2) is 0 Å². The van der Waals surface area contributed by atoms with Gasteiger partial charge in [0.25, 0.3) is 0 Å². The zero-order valence-electron chi connectivity index (χ0n) is 13.0. The van der Waals surface area contributed by atoms with Gasteiger partial charge >= 0.3 is 0 Å². The Bertz CT molecular complexity index is 437. The molecule has 6 heteroatoms. The lowest BCUT2D eigenvalue weighted by molar-refractivity contribution is 0.0958. The van der Waals surface area contributed by atoms with Crippen LogP contribution in [0.1, 0.15) is 24.5 Å². The Balaban J connectivity index is 2.19. The largest absolute Gasteiger partial charge is 0.333 e. The highest BCUT2D eigenvalue weighted by Gasteiger charge is 2.28. The highest BCUT2D eigenvalue weighted by molar-refractivity contribution is 9.10. The van der Waals surface area contributed by atoms with E-state index in [0.29, 0.717) is 6.04 Å². The van der Waals surface area contributed by atoms with E-state index in [9.17, 15) is 0 Å². The summed E-state index contributed by atoms with van der Waals surface area (Å²) < 4.78 is 3.19. The summed E-state index contributed by atoms with van der Waals surface area (Å²) in [5.74, 6) is 1.06. The molecule has 1 aromatic heterocycles. The van der Waals surface area contributed by atoms with E-state index < -0.39 is 0 Å². The number of imidazole rings is 1. The molecule has 1 aliphatic rings. The number of nitrogens with one attached hydrogen (secondary N) is 1. The summed E-state index contributed by atoms with van der Waals surface area (Å²) in [7, 11) is 4.12. The Kier molecular flexibility index (Phi) is 5.60. The molecular formula is C14H26BrN5. The van der Waals surface area contributed by atoms with Crippen molar-refractivity contribution in [2.24, 2.45) is 7.05 Å². The second kappa shape index (κ2) is 7.02. The lowest BCUT2D eigenvalue weighted by atomic mass is 10.1. The van der Waals surface area contributed by atoms with Crippen molar-refractivity contribution in [1.29, 1.82) is 0 Å². The number of aromatic nitrogens is 2. The molecule has 5 nitrogen and oxygen atoms in total. The molecule has 20 heavy (non-hydrogen) atoms. The monoisotopic (exact) mass is 343 g/mol. The Morgan fingerprint density at radius 3 is 2.40 bits per heavy atom. The molecule has 1 aliphatic heterocycles. The number of hydrogen-bond donors (Lipinski definition) is 1.